The molecule has 7 heteroatoms. The third-order valence-electron chi connectivity index (χ3n) is 4.74. The van der Waals surface area contributed by atoms with Crippen molar-refractivity contribution in [3.05, 3.63) is 69.7 Å². The minimum atomic E-state index is -0.0509. The first-order chi connectivity index (χ1) is 15.0. The van der Waals surface area contributed by atoms with E-state index in [1.165, 1.54) is 11.3 Å². The summed E-state index contributed by atoms with van der Waals surface area (Å²) in [5.74, 6) is 1.44. The van der Waals surface area contributed by atoms with Crippen molar-refractivity contribution in [2.75, 3.05) is 26.1 Å². The van der Waals surface area contributed by atoms with Gasteiger partial charge < -0.3 is 14.8 Å². The van der Waals surface area contributed by atoms with Gasteiger partial charge in [0, 0.05) is 24.2 Å². The van der Waals surface area contributed by atoms with E-state index in [0.717, 1.165) is 45.6 Å². The standard InChI is InChI=1S/C24H29N3O3S/c1-5-30-21-11-10-18(12-22(21)29-4)14-27(3)15-19-16-31-24(25-19)13-23(28)26-20-9-7-6-8-17(20)2/h6-12,16H,5,13-15H2,1-4H3,(H,26,28). The molecule has 0 aliphatic carbocycles. The van der Waals surface area contributed by atoms with E-state index < -0.39 is 0 Å². The van der Waals surface area contributed by atoms with Crippen molar-refractivity contribution in [1.82, 2.24) is 9.88 Å². The number of carbonyl (C=O) groups is 1. The minimum Gasteiger partial charge on any atom is -0.493 e. The zero-order chi connectivity index (χ0) is 22.2. The molecule has 0 saturated carbocycles. The zero-order valence-corrected chi connectivity index (χ0v) is 19.3. The number of nitrogens with zero attached hydrogens (tertiary/aromatic N) is 2. The lowest BCUT2D eigenvalue weighted by Crippen LogP contribution is -2.18. The highest BCUT2D eigenvalue weighted by Crippen LogP contribution is 2.28. The molecule has 1 N–H and O–H groups in total. The summed E-state index contributed by atoms with van der Waals surface area (Å²) in [6, 6.07) is 13.8. The fourth-order valence-electron chi connectivity index (χ4n) is 3.28. The number of methoxy groups -OCH3 is 1. The Kier molecular flexibility index (Phi) is 8.03. The molecule has 1 amide bonds. The van der Waals surface area contributed by atoms with Crippen LogP contribution in [-0.4, -0.2) is 36.6 Å². The van der Waals surface area contributed by atoms with Gasteiger partial charge in [0.25, 0.3) is 0 Å². The van der Waals surface area contributed by atoms with Crippen molar-refractivity contribution in [3.63, 3.8) is 0 Å². The summed E-state index contributed by atoms with van der Waals surface area (Å²) in [4.78, 5) is 19.2. The van der Waals surface area contributed by atoms with Crippen LogP contribution in [0.15, 0.2) is 47.8 Å². The van der Waals surface area contributed by atoms with Gasteiger partial charge in [-0.1, -0.05) is 24.3 Å². The van der Waals surface area contributed by atoms with Crippen LogP contribution in [0.4, 0.5) is 5.69 Å². The van der Waals surface area contributed by atoms with Crippen LogP contribution < -0.4 is 14.8 Å². The van der Waals surface area contributed by atoms with Gasteiger partial charge in [0.2, 0.25) is 5.91 Å². The maximum Gasteiger partial charge on any atom is 0.231 e. The van der Waals surface area contributed by atoms with E-state index in [9.17, 15) is 4.79 Å². The lowest BCUT2D eigenvalue weighted by atomic mass is 10.2. The Morgan fingerprint density at radius 1 is 1.16 bits per heavy atom. The molecule has 0 spiro atoms. The Balaban J connectivity index is 1.54. The molecular formula is C24H29N3O3S. The first-order valence-corrected chi connectivity index (χ1v) is 11.1. The summed E-state index contributed by atoms with van der Waals surface area (Å²) < 4.78 is 11.0. The van der Waals surface area contributed by atoms with Crippen molar-refractivity contribution in [3.8, 4) is 11.5 Å². The summed E-state index contributed by atoms with van der Waals surface area (Å²) in [7, 11) is 3.70. The number of ether oxygens (including phenoxy) is 2. The molecule has 3 aromatic rings. The third-order valence-corrected chi connectivity index (χ3v) is 5.64. The number of anilines is 1. The van der Waals surface area contributed by atoms with Crippen LogP contribution in [0.1, 0.15) is 28.8 Å². The van der Waals surface area contributed by atoms with Gasteiger partial charge in [-0.2, -0.15) is 0 Å². The number of aryl methyl sites for hydroxylation is 1. The molecule has 2 aromatic carbocycles. The van der Waals surface area contributed by atoms with Crippen molar-refractivity contribution in [2.24, 2.45) is 0 Å². The SMILES string of the molecule is CCOc1ccc(CN(C)Cc2csc(CC(=O)Nc3ccccc3C)n2)cc1OC. The van der Waals surface area contributed by atoms with Crippen molar-refractivity contribution >= 4 is 22.9 Å². The molecule has 0 saturated heterocycles. The molecule has 1 aromatic heterocycles. The highest BCUT2D eigenvalue weighted by atomic mass is 32.1. The number of benzene rings is 2. The van der Waals surface area contributed by atoms with E-state index in [1.807, 2.05) is 68.7 Å². The molecular weight excluding hydrogens is 410 g/mol. The molecule has 0 aliphatic heterocycles. The smallest absolute Gasteiger partial charge is 0.231 e. The van der Waals surface area contributed by atoms with Gasteiger partial charge in [-0.15, -0.1) is 11.3 Å². The first-order valence-electron chi connectivity index (χ1n) is 10.3. The third kappa shape index (κ3) is 6.54. The van der Waals surface area contributed by atoms with Crippen molar-refractivity contribution in [2.45, 2.75) is 33.4 Å². The number of rotatable bonds is 10. The number of aromatic nitrogens is 1. The molecule has 0 aliphatic rings. The average molecular weight is 440 g/mol. The number of hydrogen-bond acceptors (Lipinski definition) is 6. The van der Waals surface area contributed by atoms with Gasteiger partial charge in [0.15, 0.2) is 11.5 Å². The summed E-state index contributed by atoms with van der Waals surface area (Å²) in [5, 5.41) is 5.80. The Labute approximate surface area is 187 Å². The number of nitrogens with one attached hydrogen (secondary N) is 1. The fraction of sp³-hybridized carbons (Fsp3) is 0.333. The summed E-state index contributed by atoms with van der Waals surface area (Å²) in [6.07, 6.45) is 0.277. The highest BCUT2D eigenvalue weighted by Gasteiger charge is 2.12. The van der Waals surface area contributed by atoms with E-state index in [0.29, 0.717) is 13.2 Å². The number of hydrogen-bond donors (Lipinski definition) is 1. The molecule has 31 heavy (non-hydrogen) atoms. The van der Waals surface area contributed by atoms with E-state index >= 15 is 0 Å². The topological polar surface area (TPSA) is 63.7 Å². The molecule has 164 valence electrons. The second kappa shape index (κ2) is 10.9. The zero-order valence-electron chi connectivity index (χ0n) is 18.5. The van der Waals surface area contributed by atoms with E-state index in [1.54, 1.807) is 7.11 Å². The van der Waals surface area contributed by atoms with Crippen LogP contribution in [-0.2, 0) is 24.3 Å². The van der Waals surface area contributed by atoms with Crippen LogP contribution >= 0.6 is 11.3 Å². The van der Waals surface area contributed by atoms with Gasteiger partial charge in [-0.25, -0.2) is 4.98 Å². The largest absolute Gasteiger partial charge is 0.493 e. The molecule has 0 bridgehead atoms. The number of amides is 1. The summed E-state index contributed by atoms with van der Waals surface area (Å²) in [5.41, 5.74) is 3.98. The quantitative estimate of drug-likeness (QED) is 0.497. The second-order valence-corrected chi connectivity index (χ2v) is 8.31. The molecule has 3 rings (SSSR count). The predicted molar refractivity (Wildman–Crippen MR) is 125 cm³/mol. The van der Waals surface area contributed by atoms with E-state index in [-0.39, 0.29) is 12.3 Å². The van der Waals surface area contributed by atoms with Crippen LogP contribution in [0.3, 0.4) is 0 Å². The minimum absolute atomic E-state index is 0.0509. The van der Waals surface area contributed by atoms with Crippen LogP contribution in [0.25, 0.3) is 0 Å². The van der Waals surface area contributed by atoms with Gasteiger partial charge in [0.1, 0.15) is 5.01 Å². The number of thiazole rings is 1. The van der Waals surface area contributed by atoms with Crippen molar-refractivity contribution in [1.29, 1.82) is 0 Å². The molecule has 1 heterocycles. The van der Waals surface area contributed by atoms with Gasteiger partial charge in [0.05, 0.1) is 25.8 Å². The van der Waals surface area contributed by atoms with Crippen LogP contribution in [0, 0.1) is 6.92 Å². The Bertz CT molecular complexity index is 1020. The van der Waals surface area contributed by atoms with E-state index in [2.05, 4.69) is 15.2 Å². The summed E-state index contributed by atoms with van der Waals surface area (Å²) in [6.45, 7) is 5.99. The average Bonchev–Trinajstić information content (AvgIpc) is 3.17. The molecule has 0 radical (unpaired) electrons. The Hall–Kier alpha value is -2.90. The fourth-order valence-corrected chi connectivity index (χ4v) is 4.06. The number of para-hydroxylation sites is 1. The maximum absolute atomic E-state index is 12.4. The van der Waals surface area contributed by atoms with Crippen LogP contribution in [0.2, 0.25) is 0 Å². The van der Waals surface area contributed by atoms with Crippen LogP contribution in [0.5, 0.6) is 11.5 Å². The molecule has 0 fully saturated rings. The van der Waals surface area contributed by atoms with Gasteiger partial charge in [-0.3, -0.25) is 9.69 Å². The van der Waals surface area contributed by atoms with Crippen molar-refractivity contribution < 1.29 is 14.3 Å². The lowest BCUT2D eigenvalue weighted by Gasteiger charge is -2.17. The normalized spacial score (nSPS) is 10.9. The van der Waals surface area contributed by atoms with E-state index in [4.69, 9.17) is 9.47 Å². The molecule has 6 nitrogen and oxygen atoms in total. The molecule has 0 atom stereocenters. The van der Waals surface area contributed by atoms with Gasteiger partial charge >= 0.3 is 0 Å². The number of carbonyl (C=O) groups excluding carboxylic acids is 1. The first kappa shape index (κ1) is 22.8. The molecule has 0 unspecified atom stereocenters. The lowest BCUT2D eigenvalue weighted by molar-refractivity contribution is -0.115. The monoisotopic (exact) mass is 439 g/mol. The predicted octanol–water partition coefficient (Wildman–Crippen LogP) is 4.67. The second-order valence-electron chi connectivity index (χ2n) is 7.36. The summed E-state index contributed by atoms with van der Waals surface area (Å²) >= 11 is 1.52. The maximum atomic E-state index is 12.4. The Morgan fingerprint density at radius 3 is 2.71 bits per heavy atom. The van der Waals surface area contributed by atoms with Gasteiger partial charge in [-0.05, 0) is 50.2 Å². The Morgan fingerprint density at radius 2 is 1.97 bits per heavy atom. The highest BCUT2D eigenvalue weighted by molar-refractivity contribution is 7.09.